The van der Waals surface area contributed by atoms with Gasteiger partial charge in [0.25, 0.3) is 0 Å². The number of hydrogen-bond acceptors (Lipinski definition) is 6. The summed E-state index contributed by atoms with van der Waals surface area (Å²) in [6.07, 6.45) is 21.0. The van der Waals surface area contributed by atoms with Crippen molar-refractivity contribution in [3.05, 3.63) is 68.9 Å². The Morgan fingerprint density at radius 3 is 1.39 bits per heavy atom. The van der Waals surface area contributed by atoms with Crippen molar-refractivity contribution in [1.82, 2.24) is 0 Å². The molecule has 0 bridgehead atoms. The van der Waals surface area contributed by atoms with Crippen molar-refractivity contribution in [1.29, 1.82) is 0 Å². The Hall–Kier alpha value is -1.80. The Labute approximate surface area is 277 Å². The Kier molecular flexibility index (Phi) is 10.4. The molecule has 2 fully saturated rings. The van der Waals surface area contributed by atoms with Gasteiger partial charge in [0.1, 0.15) is 12.2 Å². The highest BCUT2D eigenvalue weighted by Gasteiger charge is 2.52. The van der Waals surface area contributed by atoms with Crippen LogP contribution in [0.4, 0.5) is 0 Å². The lowest BCUT2D eigenvalue weighted by Crippen LogP contribution is -2.23. The van der Waals surface area contributed by atoms with Gasteiger partial charge in [-0.2, -0.15) is 9.78 Å². The predicted octanol–water partition coefficient (Wildman–Crippen LogP) is 9.83. The minimum atomic E-state index is -0.571. The first kappa shape index (κ1) is 34.1. The second-order valence-electron chi connectivity index (χ2n) is 15.5. The summed E-state index contributed by atoms with van der Waals surface area (Å²) in [7, 11) is 0. The molecule has 4 aliphatic heterocycles. The van der Waals surface area contributed by atoms with Crippen LogP contribution >= 0.6 is 0 Å². The molecule has 8 unspecified atom stereocenters. The average Bonchev–Trinajstić information content (AvgIpc) is 3.78. The first-order valence-corrected chi connectivity index (χ1v) is 18.0. The van der Waals surface area contributed by atoms with Crippen LogP contribution in [0.3, 0.4) is 0 Å². The minimum absolute atomic E-state index is 0.0530. The minimum Gasteiger partial charge on any atom is -0.366 e. The second-order valence-corrected chi connectivity index (χ2v) is 15.5. The smallest absolute Gasteiger partial charge is 0.214 e. The standard InChI is InChI=1S/C40H58O6/c1-25-11-9-13-27(3)23-33-31(19-21-39(7)35(43-39)17-15-25)29(5)37(41-33)45-46-38-30(6)32-20-22-40(8)36(44-40)18-16-26(2)12-10-14-28(4)24-34(32)42-38/h11-12,23-24,33-38H,9-10,13-22H2,1-8H3. The van der Waals surface area contributed by atoms with Crippen molar-refractivity contribution in [3.8, 4) is 0 Å². The molecule has 6 nitrogen and oxygen atoms in total. The molecule has 0 aromatic rings. The first-order chi connectivity index (χ1) is 21.9. The summed E-state index contributed by atoms with van der Waals surface area (Å²) < 4.78 is 25.5. The molecular formula is C40H58O6. The van der Waals surface area contributed by atoms with Crippen LogP contribution in [0.15, 0.2) is 68.9 Å². The van der Waals surface area contributed by atoms with E-state index in [4.69, 9.17) is 28.7 Å². The third-order valence-corrected chi connectivity index (χ3v) is 11.6. The van der Waals surface area contributed by atoms with E-state index in [0.717, 1.165) is 88.2 Å². The first-order valence-electron chi connectivity index (χ1n) is 18.0. The van der Waals surface area contributed by atoms with Crippen LogP contribution in [0.5, 0.6) is 0 Å². The molecule has 0 spiro atoms. The summed E-state index contributed by atoms with van der Waals surface area (Å²) in [5.41, 5.74) is 10.3. The summed E-state index contributed by atoms with van der Waals surface area (Å²) in [5.74, 6) is 0. The van der Waals surface area contributed by atoms with Gasteiger partial charge in [-0.3, -0.25) is 0 Å². The number of fused-ring (bicyclic) bond motifs is 4. The Morgan fingerprint density at radius 2 is 0.978 bits per heavy atom. The van der Waals surface area contributed by atoms with Crippen LogP contribution in [-0.4, -0.2) is 48.2 Å². The highest BCUT2D eigenvalue weighted by molar-refractivity contribution is 5.32. The van der Waals surface area contributed by atoms with E-state index in [1.54, 1.807) is 0 Å². The fraction of sp³-hybridized carbons (Fsp3) is 0.700. The predicted molar refractivity (Wildman–Crippen MR) is 182 cm³/mol. The van der Waals surface area contributed by atoms with Crippen LogP contribution in [-0.2, 0) is 28.7 Å². The van der Waals surface area contributed by atoms with Gasteiger partial charge in [-0.05, 0) is 155 Å². The lowest BCUT2D eigenvalue weighted by Gasteiger charge is -2.19. The number of allylic oxidation sites excluding steroid dienone is 6. The van der Waals surface area contributed by atoms with Crippen molar-refractivity contribution in [2.75, 3.05) is 0 Å². The molecule has 254 valence electrons. The highest BCUT2D eigenvalue weighted by Crippen LogP contribution is 2.47. The quantitative estimate of drug-likeness (QED) is 0.133. The maximum Gasteiger partial charge on any atom is 0.214 e. The summed E-state index contributed by atoms with van der Waals surface area (Å²) in [6.45, 7) is 17.7. The zero-order valence-electron chi connectivity index (χ0n) is 29.7. The lowest BCUT2D eigenvalue weighted by atomic mass is 9.90. The van der Waals surface area contributed by atoms with Crippen LogP contribution in [0.1, 0.15) is 132 Å². The topological polar surface area (TPSA) is 62.0 Å². The van der Waals surface area contributed by atoms with E-state index in [1.165, 1.54) is 33.4 Å². The van der Waals surface area contributed by atoms with Gasteiger partial charge in [-0.25, -0.2) is 0 Å². The molecular weight excluding hydrogens is 576 g/mol. The van der Waals surface area contributed by atoms with E-state index in [9.17, 15) is 0 Å². The van der Waals surface area contributed by atoms with Gasteiger partial charge >= 0.3 is 0 Å². The summed E-state index contributed by atoms with van der Waals surface area (Å²) in [4.78, 5) is 12.2. The number of ether oxygens (including phenoxy) is 4. The maximum atomic E-state index is 6.55. The van der Waals surface area contributed by atoms with Crippen molar-refractivity contribution in [3.63, 3.8) is 0 Å². The molecule has 0 aromatic carbocycles. The summed E-state index contributed by atoms with van der Waals surface area (Å²) in [6, 6.07) is 0. The van der Waals surface area contributed by atoms with Gasteiger partial charge in [0.2, 0.25) is 12.6 Å². The largest absolute Gasteiger partial charge is 0.366 e. The van der Waals surface area contributed by atoms with Crippen molar-refractivity contribution >= 4 is 0 Å². The van der Waals surface area contributed by atoms with E-state index in [1.807, 2.05) is 0 Å². The Morgan fingerprint density at radius 1 is 0.565 bits per heavy atom. The molecule has 2 saturated heterocycles. The maximum absolute atomic E-state index is 6.55. The monoisotopic (exact) mass is 634 g/mol. The SMILES string of the molecule is CC1=CC2OC(OOC3OC4C=C(C)CCC=C(C)CCC5OC5(C)CCC4=C3C)C(C)=C2CCC2(C)OC2CCC(C)=CCC1. The van der Waals surface area contributed by atoms with Crippen molar-refractivity contribution in [2.24, 2.45) is 0 Å². The highest BCUT2D eigenvalue weighted by atomic mass is 17.2. The normalized spacial score (nSPS) is 39.5. The molecule has 6 rings (SSSR count). The van der Waals surface area contributed by atoms with Crippen LogP contribution in [0.25, 0.3) is 0 Å². The fourth-order valence-electron chi connectivity index (χ4n) is 7.85. The molecule has 0 radical (unpaired) electrons. The molecule has 0 aromatic heterocycles. The van der Waals surface area contributed by atoms with E-state index in [0.29, 0.717) is 12.2 Å². The van der Waals surface area contributed by atoms with Gasteiger partial charge in [0.15, 0.2) is 0 Å². The third kappa shape index (κ3) is 7.90. The molecule has 0 amide bonds. The molecule has 0 N–H and O–H groups in total. The molecule has 4 heterocycles. The average molecular weight is 635 g/mol. The third-order valence-electron chi connectivity index (χ3n) is 11.6. The van der Waals surface area contributed by atoms with Gasteiger partial charge in [-0.15, -0.1) is 0 Å². The zero-order valence-corrected chi connectivity index (χ0v) is 29.7. The van der Waals surface area contributed by atoms with Crippen molar-refractivity contribution < 1.29 is 28.7 Å². The zero-order chi connectivity index (χ0) is 32.6. The van der Waals surface area contributed by atoms with Crippen molar-refractivity contribution in [2.45, 2.75) is 181 Å². The van der Waals surface area contributed by atoms with Gasteiger partial charge in [0.05, 0.1) is 23.4 Å². The lowest BCUT2D eigenvalue weighted by molar-refractivity contribution is -0.415. The summed E-state index contributed by atoms with van der Waals surface area (Å²) >= 11 is 0. The Balaban J connectivity index is 1.15. The van der Waals surface area contributed by atoms with E-state index in [-0.39, 0.29) is 23.4 Å². The fourth-order valence-corrected chi connectivity index (χ4v) is 7.85. The molecule has 46 heavy (non-hydrogen) atoms. The second kappa shape index (κ2) is 14.0. The number of hydrogen-bond donors (Lipinski definition) is 0. The van der Waals surface area contributed by atoms with E-state index in [2.05, 4.69) is 79.7 Å². The van der Waals surface area contributed by atoms with E-state index < -0.39 is 12.6 Å². The number of epoxide rings is 2. The van der Waals surface area contributed by atoms with Gasteiger partial charge < -0.3 is 18.9 Å². The molecule has 0 saturated carbocycles. The molecule has 8 atom stereocenters. The van der Waals surface area contributed by atoms with Crippen LogP contribution in [0, 0.1) is 0 Å². The molecule has 6 aliphatic rings. The Bertz CT molecular complexity index is 1240. The van der Waals surface area contributed by atoms with E-state index >= 15 is 0 Å². The van der Waals surface area contributed by atoms with Gasteiger partial charge in [-0.1, -0.05) is 46.6 Å². The number of rotatable bonds is 3. The molecule has 6 heteroatoms. The summed E-state index contributed by atoms with van der Waals surface area (Å²) in [5, 5.41) is 0. The van der Waals surface area contributed by atoms with Gasteiger partial charge in [0, 0.05) is 0 Å². The van der Waals surface area contributed by atoms with Crippen LogP contribution in [0.2, 0.25) is 0 Å². The molecule has 2 aliphatic carbocycles. The van der Waals surface area contributed by atoms with Crippen LogP contribution < -0.4 is 0 Å².